The summed E-state index contributed by atoms with van der Waals surface area (Å²) in [7, 11) is -4.74. The molecule has 0 spiro atoms. The largest absolute Gasteiger partial charge is 0.481 e. The minimum Gasteiger partial charge on any atom is -0.481 e. The lowest BCUT2D eigenvalue weighted by Crippen LogP contribution is -2.47. The van der Waals surface area contributed by atoms with Crippen LogP contribution in [0.25, 0.3) is 0 Å². The Morgan fingerprint density at radius 1 is 1.00 bits per heavy atom. The van der Waals surface area contributed by atoms with Crippen molar-refractivity contribution in [3.05, 3.63) is 59.2 Å². The molecule has 0 aliphatic heterocycles. The van der Waals surface area contributed by atoms with Crippen molar-refractivity contribution in [3.63, 3.8) is 0 Å². The number of hydrogen-bond acceptors (Lipinski definition) is 5. The van der Waals surface area contributed by atoms with Crippen LogP contribution in [-0.4, -0.2) is 32.1 Å². The molecule has 0 aliphatic rings. The molecule has 0 aliphatic carbocycles. The van der Waals surface area contributed by atoms with E-state index >= 15 is 0 Å². The van der Waals surface area contributed by atoms with E-state index in [4.69, 9.17) is 4.74 Å². The third-order valence-electron chi connectivity index (χ3n) is 4.21. The summed E-state index contributed by atoms with van der Waals surface area (Å²) in [5.41, 5.74) is 6.21. The number of hydrazine groups is 1. The van der Waals surface area contributed by atoms with Crippen LogP contribution in [0.5, 0.6) is 5.75 Å². The van der Waals surface area contributed by atoms with E-state index in [1.807, 2.05) is 19.9 Å². The zero-order valence-corrected chi connectivity index (χ0v) is 16.7. The number of aryl methyl sites for hydroxylation is 1. The van der Waals surface area contributed by atoms with Gasteiger partial charge in [0.1, 0.15) is 5.75 Å². The van der Waals surface area contributed by atoms with Crippen LogP contribution in [0.15, 0.2) is 47.4 Å². The highest BCUT2D eigenvalue weighted by molar-refractivity contribution is 7.91. The number of alkyl halides is 2. The molecule has 0 saturated carbocycles. The normalized spacial score (nSPS) is 12.3. The van der Waals surface area contributed by atoms with Crippen LogP contribution in [0.4, 0.5) is 8.78 Å². The van der Waals surface area contributed by atoms with E-state index in [-0.39, 0.29) is 5.56 Å². The Morgan fingerprint density at radius 3 is 2.21 bits per heavy atom. The van der Waals surface area contributed by atoms with E-state index in [0.717, 1.165) is 35.4 Å². The van der Waals surface area contributed by atoms with Gasteiger partial charge in [0.05, 0.1) is 4.90 Å². The molecule has 2 aromatic carbocycles. The third-order valence-corrected chi connectivity index (χ3v) is 5.61. The number of halogens is 2. The Labute approximate surface area is 167 Å². The van der Waals surface area contributed by atoms with Crippen molar-refractivity contribution in [1.82, 2.24) is 10.9 Å². The number of amides is 2. The molecule has 0 fully saturated rings. The molecule has 10 heteroatoms. The predicted octanol–water partition coefficient (Wildman–Crippen LogP) is 2.53. The predicted molar refractivity (Wildman–Crippen MR) is 101 cm³/mol. The van der Waals surface area contributed by atoms with Crippen molar-refractivity contribution >= 4 is 21.7 Å². The Kier molecular flexibility index (Phi) is 6.91. The summed E-state index contributed by atoms with van der Waals surface area (Å²) in [6.07, 6.45) is -0.908. The maximum absolute atomic E-state index is 12.5. The summed E-state index contributed by atoms with van der Waals surface area (Å²) in [4.78, 5) is 23.6. The van der Waals surface area contributed by atoms with Crippen molar-refractivity contribution in [2.24, 2.45) is 0 Å². The number of sulfone groups is 1. The summed E-state index contributed by atoms with van der Waals surface area (Å²) in [6, 6.07) is 9.33. The first-order valence-electron chi connectivity index (χ1n) is 8.49. The zero-order chi connectivity index (χ0) is 21.8. The minimum absolute atomic E-state index is 0.0263. The van der Waals surface area contributed by atoms with Crippen LogP contribution in [0, 0.1) is 13.8 Å². The molecule has 156 valence electrons. The summed E-state index contributed by atoms with van der Waals surface area (Å²) < 4.78 is 53.4. The van der Waals surface area contributed by atoms with Crippen molar-refractivity contribution in [1.29, 1.82) is 0 Å². The highest BCUT2D eigenvalue weighted by Crippen LogP contribution is 2.22. The number of ether oxygens (including phenoxy) is 1. The lowest BCUT2D eigenvalue weighted by molar-refractivity contribution is -0.128. The monoisotopic (exact) mass is 426 g/mol. The molecule has 29 heavy (non-hydrogen) atoms. The number of hydrogen-bond donors (Lipinski definition) is 2. The first-order valence-corrected chi connectivity index (χ1v) is 10.0. The quantitative estimate of drug-likeness (QED) is 0.692. The van der Waals surface area contributed by atoms with Crippen LogP contribution >= 0.6 is 0 Å². The number of benzene rings is 2. The van der Waals surface area contributed by atoms with Gasteiger partial charge in [-0.2, -0.15) is 8.78 Å². The van der Waals surface area contributed by atoms with Crippen molar-refractivity contribution in [2.75, 3.05) is 0 Å². The summed E-state index contributed by atoms with van der Waals surface area (Å²) in [5, 5.41) is 0. The summed E-state index contributed by atoms with van der Waals surface area (Å²) in [5.74, 6) is -4.38. The molecule has 0 bridgehead atoms. The highest BCUT2D eigenvalue weighted by atomic mass is 32.2. The summed E-state index contributed by atoms with van der Waals surface area (Å²) >= 11 is 0. The molecule has 1 atom stereocenters. The van der Waals surface area contributed by atoms with E-state index < -0.39 is 38.4 Å². The van der Waals surface area contributed by atoms with Gasteiger partial charge in [-0.3, -0.25) is 20.4 Å². The minimum atomic E-state index is -4.74. The van der Waals surface area contributed by atoms with E-state index in [2.05, 4.69) is 10.9 Å². The Morgan fingerprint density at radius 2 is 1.62 bits per heavy atom. The van der Waals surface area contributed by atoms with Crippen molar-refractivity contribution < 1.29 is 31.5 Å². The zero-order valence-electron chi connectivity index (χ0n) is 15.9. The Hall–Kier alpha value is -3.01. The average molecular weight is 426 g/mol. The Balaban J connectivity index is 1.96. The third kappa shape index (κ3) is 5.29. The van der Waals surface area contributed by atoms with Gasteiger partial charge in [-0.25, -0.2) is 8.42 Å². The standard InChI is InChI=1S/C19H20F2N2O5S/c1-11-5-4-6-16(12(11)2)28-13(3)17(24)22-23-18(25)14-7-9-15(10-8-14)29(26,27)19(20)21/h4-10,13,19H,1-3H3,(H,22,24)(H,23,25). The lowest BCUT2D eigenvalue weighted by Gasteiger charge is -2.17. The van der Waals surface area contributed by atoms with E-state index in [0.29, 0.717) is 5.75 Å². The molecule has 7 nitrogen and oxygen atoms in total. The van der Waals surface area contributed by atoms with Crippen LogP contribution in [-0.2, 0) is 14.6 Å². The molecular formula is C19H20F2N2O5S. The lowest BCUT2D eigenvalue weighted by atomic mass is 10.1. The first kappa shape index (κ1) is 22.3. The fourth-order valence-electron chi connectivity index (χ4n) is 2.29. The van der Waals surface area contributed by atoms with Crippen LogP contribution in [0.2, 0.25) is 0 Å². The molecule has 0 saturated heterocycles. The van der Waals surface area contributed by atoms with Gasteiger partial charge in [0.25, 0.3) is 11.8 Å². The van der Waals surface area contributed by atoms with Gasteiger partial charge in [-0.1, -0.05) is 12.1 Å². The average Bonchev–Trinajstić information content (AvgIpc) is 2.69. The van der Waals surface area contributed by atoms with Crippen LogP contribution in [0.3, 0.4) is 0 Å². The SMILES string of the molecule is Cc1cccc(OC(C)C(=O)NNC(=O)c2ccc(S(=O)(=O)C(F)F)cc2)c1C. The van der Waals surface area contributed by atoms with Crippen LogP contribution in [0.1, 0.15) is 28.4 Å². The molecule has 2 amide bonds. The highest BCUT2D eigenvalue weighted by Gasteiger charge is 2.26. The maximum Gasteiger partial charge on any atom is 0.341 e. The van der Waals surface area contributed by atoms with Crippen molar-refractivity contribution in [3.8, 4) is 5.75 Å². The van der Waals surface area contributed by atoms with Gasteiger partial charge in [0.15, 0.2) is 6.10 Å². The van der Waals surface area contributed by atoms with Gasteiger partial charge >= 0.3 is 5.76 Å². The number of nitrogens with one attached hydrogen (secondary N) is 2. The topological polar surface area (TPSA) is 102 Å². The Bertz CT molecular complexity index is 1010. The van der Waals surface area contributed by atoms with Gasteiger partial charge in [-0.15, -0.1) is 0 Å². The molecule has 1 unspecified atom stereocenters. The van der Waals surface area contributed by atoms with E-state index in [1.165, 1.54) is 6.92 Å². The van der Waals surface area contributed by atoms with Gasteiger partial charge in [0, 0.05) is 5.56 Å². The number of carbonyl (C=O) groups excluding carboxylic acids is 2. The fourth-order valence-corrected chi connectivity index (χ4v) is 3.01. The second-order valence-electron chi connectivity index (χ2n) is 6.23. The second kappa shape index (κ2) is 8.99. The molecule has 2 rings (SSSR count). The smallest absolute Gasteiger partial charge is 0.341 e. The molecule has 0 aromatic heterocycles. The second-order valence-corrected chi connectivity index (χ2v) is 8.15. The molecule has 0 radical (unpaired) electrons. The van der Waals surface area contributed by atoms with Crippen molar-refractivity contribution in [2.45, 2.75) is 37.5 Å². The van der Waals surface area contributed by atoms with E-state index in [9.17, 15) is 26.8 Å². The molecule has 2 N–H and O–H groups in total. The fraction of sp³-hybridized carbons (Fsp3) is 0.263. The van der Waals surface area contributed by atoms with Gasteiger partial charge in [0.2, 0.25) is 9.84 Å². The van der Waals surface area contributed by atoms with Gasteiger partial charge in [-0.05, 0) is 62.2 Å². The molecule has 0 heterocycles. The molecule has 2 aromatic rings. The number of rotatable bonds is 6. The first-order chi connectivity index (χ1) is 13.5. The van der Waals surface area contributed by atoms with Crippen LogP contribution < -0.4 is 15.6 Å². The maximum atomic E-state index is 12.5. The molecular weight excluding hydrogens is 406 g/mol. The van der Waals surface area contributed by atoms with Gasteiger partial charge < -0.3 is 4.74 Å². The number of carbonyl (C=O) groups is 2. The van der Waals surface area contributed by atoms with E-state index in [1.54, 1.807) is 12.1 Å². The summed E-state index contributed by atoms with van der Waals surface area (Å²) in [6.45, 7) is 5.27.